The summed E-state index contributed by atoms with van der Waals surface area (Å²) >= 11 is 0. The highest BCUT2D eigenvalue weighted by atomic mass is 79.9. The second-order valence-corrected chi connectivity index (χ2v) is 9.37. The highest BCUT2D eigenvalue weighted by Gasteiger charge is 2.24. The van der Waals surface area contributed by atoms with Crippen LogP contribution in [0.1, 0.15) is 69.8 Å². The minimum atomic E-state index is -0.294. The van der Waals surface area contributed by atoms with Gasteiger partial charge in [0.05, 0.1) is 12.2 Å². The number of hydrogen-bond donors (Lipinski definition) is 2. The number of Topliss-reactive ketones (excluding diaryl/α,β-unsaturated/α-hetero) is 1. The Morgan fingerprint density at radius 2 is 1.71 bits per heavy atom. The topological polar surface area (TPSA) is 74.2 Å². The van der Waals surface area contributed by atoms with E-state index in [-0.39, 0.29) is 40.5 Å². The molecule has 0 unspecified atom stereocenters. The van der Waals surface area contributed by atoms with Crippen molar-refractivity contribution in [2.75, 3.05) is 19.0 Å². The van der Waals surface area contributed by atoms with Crippen LogP contribution in [0.4, 0.5) is 5.69 Å². The second-order valence-electron chi connectivity index (χ2n) is 9.37. The Bertz CT molecular complexity index is 934. The zero-order chi connectivity index (χ0) is 22.6. The predicted octanol–water partition coefficient (Wildman–Crippen LogP) is 5.13. The lowest BCUT2D eigenvalue weighted by atomic mass is 9.84. The number of aromatic hydroxyl groups is 1. The SMILES string of the molecule is Br.CCC(CC)CCn1ccn(CC(=O)c2cc(N(C)C)c(O)c(C(C)(C)C)c2)c1=N. The number of ketones is 1. The minimum Gasteiger partial charge on any atom is -0.505 e. The molecule has 7 heteroatoms. The number of phenols is 1. The molecule has 2 rings (SSSR count). The summed E-state index contributed by atoms with van der Waals surface area (Å²) in [5.41, 5.74) is 1.98. The van der Waals surface area contributed by atoms with Gasteiger partial charge in [-0.15, -0.1) is 17.0 Å². The molecule has 0 bridgehead atoms. The quantitative estimate of drug-likeness (QED) is 0.474. The summed E-state index contributed by atoms with van der Waals surface area (Å²) in [5, 5.41) is 19.1. The molecule has 1 heterocycles. The van der Waals surface area contributed by atoms with Gasteiger partial charge in [0.15, 0.2) is 5.78 Å². The van der Waals surface area contributed by atoms with E-state index in [1.165, 1.54) is 0 Å². The standard InChI is InChI=1S/C24H38N4O2.BrH/c1-8-17(9-2)10-11-27-12-13-28(23(27)25)16-21(29)18-14-19(24(3,4)5)22(30)20(15-18)26(6)7;/h12-15,17,25,30H,8-11,16H2,1-7H3;1H. The fourth-order valence-electron chi connectivity index (χ4n) is 3.73. The van der Waals surface area contributed by atoms with Crippen LogP contribution in [-0.2, 0) is 18.5 Å². The third-order valence-corrected chi connectivity index (χ3v) is 5.92. The Morgan fingerprint density at radius 1 is 1.13 bits per heavy atom. The Morgan fingerprint density at radius 3 is 2.23 bits per heavy atom. The van der Waals surface area contributed by atoms with Gasteiger partial charge in [-0.2, -0.15) is 0 Å². The van der Waals surface area contributed by atoms with Crippen molar-refractivity contribution >= 4 is 28.5 Å². The minimum absolute atomic E-state index is 0. The number of aromatic nitrogens is 2. The van der Waals surface area contributed by atoms with E-state index >= 15 is 0 Å². The number of carbonyl (C=O) groups excluding carboxylic acids is 1. The summed E-state index contributed by atoms with van der Waals surface area (Å²) < 4.78 is 3.60. The van der Waals surface area contributed by atoms with Crippen molar-refractivity contribution in [3.8, 4) is 5.75 Å². The monoisotopic (exact) mass is 494 g/mol. The second kappa shape index (κ2) is 11.0. The Balaban J connectivity index is 0.00000480. The van der Waals surface area contributed by atoms with Crippen molar-refractivity contribution in [1.82, 2.24) is 9.13 Å². The molecule has 0 spiro atoms. The first-order valence-electron chi connectivity index (χ1n) is 10.9. The zero-order valence-electron chi connectivity index (χ0n) is 20.0. The van der Waals surface area contributed by atoms with Gasteiger partial charge in [0.1, 0.15) is 5.75 Å². The van der Waals surface area contributed by atoms with Crippen LogP contribution in [0.3, 0.4) is 0 Å². The van der Waals surface area contributed by atoms with Gasteiger partial charge >= 0.3 is 0 Å². The van der Waals surface area contributed by atoms with Crippen LogP contribution < -0.4 is 10.5 Å². The van der Waals surface area contributed by atoms with Crippen LogP contribution in [0.25, 0.3) is 0 Å². The third-order valence-electron chi connectivity index (χ3n) is 5.92. The molecule has 1 aromatic heterocycles. The van der Waals surface area contributed by atoms with E-state index in [0.29, 0.717) is 22.8 Å². The molecular formula is C24H39BrN4O2. The Labute approximate surface area is 197 Å². The molecule has 0 aliphatic rings. The van der Waals surface area contributed by atoms with Gasteiger partial charge in [-0.1, -0.05) is 47.5 Å². The van der Waals surface area contributed by atoms with Crippen LogP contribution in [-0.4, -0.2) is 34.1 Å². The molecule has 174 valence electrons. The van der Waals surface area contributed by atoms with Gasteiger partial charge in [0, 0.05) is 44.2 Å². The first-order valence-corrected chi connectivity index (χ1v) is 10.9. The van der Waals surface area contributed by atoms with E-state index < -0.39 is 0 Å². The molecule has 0 aliphatic heterocycles. The van der Waals surface area contributed by atoms with E-state index in [2.05, 4.69) is 13.8 Å². The number of benzene rings is 1. The van der Waals surface area contributed by atoms with Gasteiger partial charge in [-0.3, -0.25) is 10.2 Å². The largest absolute Gasteiger partial charge is 0.505 e. The van der Waals surface area contributed by atoms with Crippen LogP contribution in [0, 0.1) is 11.3 Å². The molecule has 2 N–H and O–H groups in total. The van der Waals surface area contributed by atoms with E-state index in [1.807, 2.05) is 56.7 Å². The molecule has 0 atom stereocenters. The fraction of sp³-hybridized carbons (Fsp3) is 0.583. The predicted molar refractivity (Wildman–Crippen MR) is 133 cm³/mol. The Hall–Kier alpha value is -2.02. The number of halogens is 1. The maximum atomic E-state index is 13.1. The average molecular weight is 496 g/mol. The smallest absolute Gasteiger partial charge is 0.202 e. The highest BCUT2D eigenvalue weighted by Crippen LogP contribution is 2.38. The lowest BCUT2D eigenvalue weighted by Gasteiger charge is -2.25. The maximum Gasteiger partial charge on any atom is 0.202 e. The van der Waals surface area contributed by atoms with Crippen molar-refractivity contribution in [1.29, 1.82) is 5.41 Å². The summed E-state index contributed by atoms with van der Waals surface area (Å²) in [6.07, 6.45) is 7.04. The van der Waals surface area contributed by atoms with E-state index in [4.69, 9.17) is 5.41 Å². The number of phenolic OH excluding ortho intramolecular Hbond substituents is 1. The van der Waals surface area contributed by atoms with Gasteiger partial charge in [-0.25, -0.2) is 0 Å². The molecule has 31 heavy (non-hydrogen) atoms. The van der Waals surface area contributed by atoms with Crippen molar-refractivity contribution in [3.05, 3.63) is 41.3 Å². The van der Waals surface area contributed by atoms with Crippen LogP contribution >= 0.6 is 17.0 Å². The lowest BCUT2D eigenvalue weighted by Crippen LogP contribution is -2.28. The number of nitrogens with zero attached hydrogens (tertiary/aromatic N) is 3. The Kier molecular flexibility index (Phi) is 9.61. The maximum absolute atomic E-state index is 13.1. The van der Waals surface area contributed by atoms with Crippen molar-refractivity contribution in [2.45, 2.75) is 72.4 Å². The van der Waals surface area contributed by atoms with Gasteiger partial charge in [0.2, 0.25) is 5.62 Å². The average Bonchev–Trinajstić information content (AvgIpc) is 3.01. The van der Waals surface area contributed by atoms with Crippen molar-refractivity contribution in [2.24, 2.45) is 5.92 Å². The van der Waals surface area contributed by atoms with Crippen molar-refractivity contribution in [3.63, 3.8) is 0 Å². The molecule has 0 saturated carbocycles. The van der Waals surface area contributed by atoms with Crippen molar-refractivity contribution < 1.29 is 9.90 Å². The molecule has 1 aromatic carbocycles. The third kappa shape index (κ3) is 6.48. The van der Waals surface area contributed by atoms with E-state index in [9.17, 15) is 9.90 Å². The number of imidazole rings is 1. The summed E-state index contributed by atoms with van der Waals surface area (Å²) in [6, 6.07) is 3.53. The number of hydrogen-bond acceptors (Lipinski definition) is 4. The molecule has 0 aliphatic carbocycles. The van der Waals surface area contributed by atoms with Gasteiger partial charge < -0.3 is 19.1 Å². The van der Waals surface area contributed by atoms with E-state index in [0.717, 1.165) is 31.4 Å². The van der Waals surface area contributed by atoms with Gasteiger partial charge in [-0.05, 0) is 29.9 Å². The first kappa shape index (κ1) is 27.0. The molecule has 6 nitrogen and oxygen atoms in total. The zero-order valence-corrected chi connectivity index (χ0v) is 21.7. The summed E-state index contributed by atoms with van der Waals surface area (Å²) in [7, 11) is 3.71. The van der Waals surface area contributed by atoms with E-state index in [1.54, 1.807) is 16.7 Å². The van der Waals surface area contributed by atoms with Gasteiger partial charge in [0.25, 0.3) is 0 Å². The number of rotatable bonds is 9. The van der Waals surface area contributed by atoms with Crippen LogP contribution in [0.15, 0.2) is 24.5 Å². The first-order chi connectivity index (χ1) is 14.0. The molecule has 0 saturated heterocycles. The molecule has 0 radical (unpaired) electrons. The molecule has 2 aromatic rings. The highest BCUT2D eigenvalue weighted by molar-refractivity contribution is 8.93. The molecule has 0 fully saturated rings. The fourth-order valence-corrected chi connectivity index (χ4v) is 3.73. The van der Waals surface area contributed by atoms with Crippen LogP contribution in [0.2, 0.25) is 0 Å². The number of aryl methyl sites for hydroxylation is 1. The van der Waals surface area contributed by atoms with Crippen LogP contribution in [0.5, 0.6) is 5.75 Å². The number of carbonyl (C=O) groups is 1. The normalized spacial score (nSPS) is 11.5. The number of anilines is 1. The molecular weight excluding hydrogens is 456 g/mol. The number of nitrogens with one attached hydrogen (secondary N) is 1. The summed E-state index contributed by atoms with van der Waals surface area (Å²) in [6.45, 7) is 11.4. The summed E-state index contributed by atoms with van der Waals surface area (Å²) in [5.74, 6) is 0.810. The lowest BCUT2D eigenvalue weighted by molar-refractivity contribution is 0.0970. The summed E-state index contributed by atoms with van der Waals surface area (Å²) in [4.78, 5) is 14.9. The molecule has 0 amide bonds.